The highest BCUT2D eigenvalue weighted by molar-refractivity contribution is 6.31. The van der Waals surface area contributed by atoms with Crippen molar-refractivity contribution in [1.82, 2.24) is 9.88 Å². The Balaban J connectivity index is 2.17. The molecule has 2 heterocycles. The minimum Gasteiger partial charge on any atom is -0.444 e. The Morgan fingerprint density at radius 2 is 2.00 bits per heavy atom. The first-order valence-corrected chi connectivity index (χ1v) is 8.39. The second kappa shape index (κ2) is 7.48. The molecule has 2 rings (SSSR count). The van der Waals surface area contributed by atoms with E-state index in [0.717, 1.165) is 6.07 Å². The number of aliphatic hydroxyl groups excluding tert-OH is 1. The number of pyridine rings is 1. The predicted octanol–water partition coefficient (Wildman–Crippen LogP) is 3.17. The monoisotopic (exact) mass is 395 g/mol. The normalized spacial score (nSPS) is 18.8. The first kappa shape index (κ1) is 20.6. The first-order chi connectivity index (χ1) is 11.9. The van der Waals surface area contributed by atoms with Crippen LogP contribution in [0.1, 0.15) is 26.5 Å². The molecule has 1 amide bonds. The molecule has 0 saturated carbocycles. The van der Waals surface area contributed by atoms with Crippen LogP contribution in [0, 0.1) is 0 Å². The highest BCUT2D eigenvalue weighted by Gasteiger charge is 2.37. The molecule has 1 saturated heterocycles. The molecule has 1 aliphatic rings. The highest BCUT2D eigenvalue weighted by atomic mass is 35.5. The number of aliphatic hydroxyl groups is 1. The molecule has 0 aliphatic carbocycles. The number of nitrogens with zero attached hydrogens (tertiary/aromatic N) is 3. The number of halogens is 4. The lowest BCUT2D eigenvalue weighted by atomic mass is 10.1. The van der Waals surface area contributed by atoms with Crippen molar-refractivity contribution >= 4 is 23.5 Å². The van der Waals surface area contributed by atoms with Gasteiger partial charge in [0.05, 0.1) is 17.7 Å². The zero-order valence-corrected chi connectivity index (χ0v) is 15.4. The summed E-state index contributed by atoms with van der Waals surface area (Å²) < 4.78 is 44.3. The van der Waals surface area contributed by atoms with Crippen molar-refractivity contribution in [2.45, 2.75) is 38.6 Å². The van der Waals surface area contributed by atoms with E-state index >= 15 is 0 Å². The van der Waals surface area contributed by atoms with E-state index in [4.69, 9.17) is 16.3 Å². The maximum absolute atomic E-state index is 13.0. The number of hydrogen-bond donors (Lipinski definition) is 1. The Bertz CT molecular complexity index is 664. The Morgan fingerprint density at radius 1 is 1.35 bits per heavy atom. The van der Waals surface area contributed by atoms with Gasteiger partial charge in [0.15, 0.2) is 5.69 Å². The summed E-state index contributed by atoms with van der Waals surface area (Å²) >= 11 is 5.59. The number of anilines is 1. The summed E-state index contributed by atoms with van der Waals surface area (Å²) in [6.07, 6.45) is -5.24. The molecule has 0 bridgehead atoms. The van der Waals surface area contributed by atoms with Crippen LogP contribution in [-0.4, -0.2) is 59.0 Å². The van der Waals surface area contributed by atoms with Gasteiger partial charge < -0.3 is 14.7 Å². The quantitative estimate of drug-likeness (QED) is 0.833. The van der Waals surface area contributed by atoms with Crippen molar-refractivity contribution in [3.63, 3.8) is 0 Å². The van der Waals surface area contributed by atoms with Gasteiger partial charge in [-0.05, 0) is 32.9 Å². The van der Waals surface area contributed by atoms with E-state index in [-0.39, 0.29) is 32.1 Å². The number of aromatic nitrogens is 1. The van der Waals surface area contributed by atoms with Crippen molar-refractivity contribution in [2.75, 3.05) is 31.1 Å². The molecule has 1 unspecified atom stereocenters. The third-order valence-electron chi connectivity index (χ3n) is 3.75. The molecule has 0 spiro atoms. The van der Waals surface area contributed by atoms with E-state index in [1.807, 2.05) is 0 Å². The van der Waals surface area contributed by atoms with Crippen LogP contribution < -0.4 is 4.90 Å². The largest absolute Gasteiger partial charge is 0.444 e. The number of amides is 1. The summed E-state index contributed by atoms with van der Waals surface area (Å²) in [7, 11) is 0. The number of carbonyl (C=O) groups is 1. The molecule has 10 heteroatoms. The number of carbonyl (C=O) groups excluding carboxylic acids is 1. The van der Waals surface area contributed by atoms with Gasteiger partial charge in [-0.1, -0.05) is 11.6 Å². The molecule has 1 aromatic heterocycles. The van der Waals surface area contributed by atoms with Crippen molar-refractivity contribution in [3.8, 4) is 0 Å². The van der Waals surface area contributed by atoms with Gasteiger partial charge in [0.1, 0.15) is 11.4 Å². The van der Waals surface area contributed by atoms with Gasteiger partial charge >= 0.3 is 12.3 Å². The summed E-state index contributed by atoms with van der Waals surface area (Å²) in [5, 5.41) is 9.12. The average Bonchev–Trinajstić information content (AvgIpc) is 2.52. The zero-order valence-electron chi connectivity index (χ0n) is 14.7. The molecule has 1 fully saturated rings. The van der Waals surface area contributed by atoms with Crippen LogP contribution in [0.5, 0.6) is 0 Å². The molecule has 0 radical (unpaired) electrons. The van der Waals surface area contributed by atoms with Crippen LogP contribution in [0.4, 0.5) is 23.8 Å². The van der Waals surface area contributed by atoms with Crippen LogP contribution >= 0.6 is 11.6 Å². The smallest absolute Gasteiger partial charge is 0.434 e. The number of hydrogen-bond acceptors (Lipinski definition) is 5. The van der Waals surface area contributed by atoms with E-state index in [2.05, 4.69) is 4.98 Å². The van der Waals surface area contributed by atoms with Crippen LogP contribution in [0.15, 0.2) is 12.1 Å². The van der Waals surface area contributed by atoms with Crippen LogP contribution in [0.25, 0.3) is 0 Å². The molecule has 6 nitrogen and oxygen atoms in total. The maximum atomic E-state index is 13.0. The third-order valence-corrected chi connectivity index (χ3v) is 4.05. The zero-order chi connectivity index (χ0) is 19.7. The molecule has 1 aliphatic heterocycles. The summed E-state index contributed by atoms with van der Waals surface area (Å²) in [6, 6.07) is 1.90. The minimum absolute atomic E-state index is 0.0870. The summed E-state index contributed by atoms with van der Waals surface area (Å²) in [5.41, 5.74) is -1.85. The highest BCUT2D eigenvalue weighted by Crippen LogP contribution is 2.34. The van der Waals surface area contributed by atoms with Crippen LogP contribution in [0.2, 0.25) is 5.02 Å². The lowest BCUT2D eigenvalue weighted by Crippen LogP contribution is -2.57. The lowest BCUT2D eigenvalue weighted by Gasteiger charge is -2.41. The van der Waals surface area contributed by atoms with Gasteiger partial charge in [-0.25, -0.2) is 9.78 Å². The molecular formula is C16H21ClF3N3O3. The van der Waals surface area contributed by atoms with Gasteiger partial charge in [-0.3, -0.25) is 4.90 Å². The molecule has 1 aromatic rings. The topological polar surface area (TPSA) is 65.9 Å². The van der Waals surface area contributed by atoms with Crippen LogP contribution in [0.3, 0.4) is 0 Å². The van der Waals surface area contributed by atoms with Crippen molar-refractivity contribution in [1.29, 1.82) is 0 Å². The maximum Gasteiger partial charge on any atom is 0.434 e. The SMILES string of the molecule is CC(C)(C)OC(=O)N1CCN(c2ccc(Cl)c(C(F)(F)F)n2)CC1CO. The average molecular weight is 396 g/mol. The fourth-order valence-electron chi connectivity index (χ4n) is 2.59. The van der Waals surface area contributed by atoms with Gasteiger partial charge in [-0.2, -0.15) is 13.2 Å². The van der Waals surface area contributed by atoms with Crippen molar-refractivity contribution in [2.24, 2.45) is 0 Å². The number of rotatable bonds is 2. The number of ether oxygens (including phenoxy) is 1. The van der Waals surface area contributed by atoms with E-state index in [1.54, 1.807) is 25.7 Å². The molecular weight excluding hydrogens is 375 g/mol. The van der Waals surface area contributed by atoms with E-state index in [1.165, 1.54) is 11.0 Å². The lowest BCUT2D eigenvalue weighted by molar-refractivity contribution is -0.141. The standard InChI is InChI=1S/C16H21ClF3N3O3/c1-15(2,3)26-14(25)23-7-6-22(8-10(23)9-24)12-5-4-11(17)13(21-12)16(18,19)20/h4-5,10,24H,6-9H2,1-3H3. The Hall–Kier alpha value is -1.74. The second-order valence-corrected chi connectivity index (χ2v) is 7.36. The van der Waals surface area contributed by atoms with E-state index in [0.29, 0.717) is 0 Å². The summed E-state index contributed by atoms with van der Waals surface area (Å²) in [6.45, 7) is 5.40. The Morgan fingerprint density at radius 3 is 2.54 bits per heavy atom. The predicted molar refractivity (Wildman–Crippen MR) is 90.3 cm³/mol. The van der Waals surface area contributed by atoms with Crippen molar-refractivity contribution in [3.05, 3.63) is 22.8 Å². The first-order valence-electron chi connectivity index (χ1n) is 8.01. The fourth-order valence-corrected chi connectivity index (χ4v) is 2.80. The second-order valence-electron chi connectivity index (χ2n) is 6.95. The summed E-state index contributed by atoms with van der Waals surface area (Å²) in [5.74, 6) is 0.0870. The Kier molecular flexibility index (Phi) is 5.92. The van der Waals surface area contributed by atoms with Crippen LogP contribution in [-0.2, 0) is 10.9 Å². The Labute approximate surface area is 154 Å². The fraction of sp³-hybridized carbons (Fsp3) is 0.625. The minimum atomic E-state index is -4.66. The molecule has 146 valence electrons. The van der Waals surface area contributed by atoms with Gasteiger partial charge in [-0.15, -0.1) is 0 Å². The summed E-state index contributed by atoms with van der Waals surface area (Å²) in [4.78, 5) is 18.8. The van der Waals surface area contributed by atoms with Gasteiger partial charge in [0, 0.05) is 19.6 Å². The van der Waals surface area contributed by atoms with Gasteiger partial charge in [0.25, 0.3) is 0 Å². The van der Waals surface area contributed by atoms with Gasteiger partial charge in [0.2, 0.25) is 0 Å². The third kappa shape index (κ3) is 4.91. The molecule has 26 heavy (non-hydrogen) atoms. The molecule has 1 N–H and O–H groups in total. The van der Waals surface area contributed by atoms with E-state index in [9.17, 15) is 23.1 Å². The number of alkyl halides is 3. The number of piperazine rings is 1. The molecule has 1 atom stereocenters. The van der Waals surface area contributed by atoms with E-state index < -0.39 is 34.6 Å². The van der Waals surface area contributed by atoms with Crippen molar-refractivity contribution < 1.29 is 27.8 Å². The molecule has 0 aromatic carbocycles.